The first kappa shape index (κ1) is 24.6. The normalized spacial score (nSPS) is 16.1. The Bertz CT molecular complexity index is 1160. The Morgan fingerprint density at radius 1 is 1.03 bits per heavy atom. The van der Waals surface area contributed by atoms with E-state index in [4.69, 9.17) is 14.2 Å². The number of carbonyl (C=O) groups is 2. The van der Waals surface area contributed by atoms with Gasteiger partial charge in [-0.05, 0) is 24.1 Å². The van der Waals surface area contributed by atoms with Crippen LogP contribution in [0.2, 0.25) is 0 Å². The lowest BCUT2D eigenvalue weighted by Crippen LogP contribution is -2.31. The molecule has 3 heterocycles. The van der Waals surface area contributed by atoms with Crippen molar-refractivity contribution in [2.45, 2.75) is 32.4 Å². The number of carbonyl (C=O) groups excluding carboxylic acids is 2. The van der Waals surface area contributed by atoms with E-state index in [1.165, 1.54) is 20.3 Å². The molecule has 0 atom stereocenters. The van der Waals surface area contributed by atoms with Crippen LogP contribution >= 0.6 is 0 Å². The van der Waals surface area contributed by atoms with Crippen molar-refractivity contribution < 1.29 is 28.9 Å². The zero-order valence-corrected chi connectivity index (χ0v) is 20.1. The van der Waals surface area contributed by atoms with Gasteiger partial charge in [0, 0.05) is 57.3 Å². The summed E-state index contributed by atoms with van der Waals surface area (Å²) in [5, 5.41) is 10.1. The number of amides is 1. The maximum atomic E-state index is 13.0. The van der Waals surface area contributed by atoms with E-state index in [9.17, 15) is 19.5 Å². The van der Waals surface area contributed by atoms with E-state index in [1.54, 1.807) is 21.6 Å². The zero-order valence-electron chi connectivity index (χ0n) is 20.1. The van der Waals surface area contributed by atoms with Crippen LogP contribution in [-0.4, -0.2) is 78.4 Å². The molecule has 2 aliphatic rings. The maximum absolute atomic E-state index is 13.0. The summed E-state index contributed by atoms with van der Waals surface area (Å²) in [4.78, 5) is 41.4. The summed E-state index contributed by atoms with van der Waals surface area (Å²) in [5.74, 6) is 0.203. The number of rotatable bonds is 8. The Morgan fingerprint density at radius 2 is 1.86 bits per heavy atom. The largest absolute Gasteiger partial charge is 0.504 e. The number of fused-ring (bicyclic) bond motifs is 1. The van der Waals surface area contributed by atoms with Gasteiger partial charge in [0.05, 0.1) is 20.8 Å². The third-order valence-corrected chi connectivity index (χ3v) is 6.52. The molecule has 2 aromatic rings. The monoisotopic (exact) mass is 485 g/mol. The van der Waals surface area contributed by atoms with Gasteiger partial charge in [0.2, 0.25) is 5.91 Å². The van der Waals surface area contributed by atoms with Crippen LogP contribution in [0.5, 0.6) is 17.2 Å². The molecule has 188 valence electrons. The average molecular weight is 486 g/mol. The third-order valence-electron chi connectivity index (χ3n) is 6.52. The second-order valence-corrected chi connectivity index (χ2v) is 8.68. The topological polar surface area (TPSA) is 111 Å². The molecule has 2 aliphatic heterocycles. The van der Waals surface area contributed by atoms with E-state index >= 15 is 0 Å². The molecule has 0 spiro atoms. The number of methoxy groups -OCH3 is 2. The number of benzene rings is 1. The highest BCUT2D eigenvalue weighted by Gasteiger charge is 2.27. The fourth-order valence-electron chi connectivity index (χ4n) is 4.69. The summed E-state index contributed by atoms with van der Waals surface area (Å²) in [6.07, 6.45) is 1.82. The fourth-order valence-corrected chi connectivity index (χ4v) is 4.69. The van der Waals surface area contributed by atoms with Gasteiger partial charge in [0.1, 0.15) is 17.9 Å². The molecule has 1 saturated heterocycles. The number of likely N-dealkylation sites (tertiary alicyclic amines) is 1. The van der Waals surface area contributed by atoms with Crippen molar-refractivity contribution in [1.82, 2.24) is 14.4 Å². The van der Waals surface area contributed by atoms with Gasteiger partial charge in [0.15, 0.2) is 11.5 Å². The molecule has 0 radical (unpaired) electrons. The molecule has 0 aliphatic carbocycles. The van der Waals surface area contributed by atoms with Crippen molar-refractivity contribution in [2.75, 3.05) is 47.0 Å². The number of aromatic nitrogens is 1. The predicted molar refractivity (Wildman–Crippen MR) is 127 cm³/mol. The molecule has 0 saturated carbocycles. The summed E-state index contributed by atoms with van der Waals surface area (Å²) in [6.45, 7) is 3.45. The van der Waals surface area contributed by atoms with E-state index in [1.807, 2.05) is 6.07 Å². The Labute approximate surface area is 203 Å². The summed E-state index contributed by atoms with van der Waals surface area (Å²) in [7, 11) is 2.80. The zero-order chi connectivity index (χ0) is 24.9. The van der Waals surface area contributed by atoms with E-state index in [0.717, 1.165) is 12.0 Å². The van der Waals surface area contributed by atoms with Crippen molar-refractivity contribution >= 4 is 11.9 Å². The number of phenolic OH excluding ortho intramolecular Hbond substituents is 1. The van der Waals surface area contributed by atoms with Crippen molar-refractivity contribution in [3.8, 4) is 17.2 Å². The second kappa shape index (κ2) is 10.8. The molecule has 1 aromatic heterocycles. The van der Waals surface area contributed by atoms with Crippen LogP contribution in [0.3, 0.4) is 0 Å². The lowest BCUT2D eigenvalue weighted by molar-refractivity contribution is -0.128. The molecule has 35 heavy (non-hydrogen) atoms. The number of phenols is 1. The van der Waals surface area contributed by atoms with Gasteiger partial charge in [-0.2, -0.15) is 0 Å². The van der Waals surface area contributed by atoms with Crippen LogP contribution < -0.4 is 15.0 Å². The standard InChI is InChI=1S/C25H31N3O7/c1-33-20-6-5-17(14-19(20)29)16-26-9-7-18-24(25(32)34-2)21(15-23(31)28(18)11-10-26)35-13-12-27-8-3-4-22(27)30/h5-6,14-15,29H,3-4,7-13,16H2,1-2H3. The summed E-state index contributed by atoms with van der Waals surface area (Å²) < 4.78 is 17.6. The van der Waals surface area contributed by atoms with Gasteiger partial charge in [-0.1, -0.05) is 6.07 Å². The molecule has 1 N–H and O–H groups in total. The predicted octanol–water partition coefficient (Wildman–Crippen LogP) is 1.41. The van der Waals surface area contributed by atoms with Crippen LogP contribution in [0, 0.1) is 0 Å². The van der Waals surface area contributed by atoms with Crippen LogP contribution in [0.1, 0.15) is 34.5 Å². The minimum atomic E-state index is -0.561. The minimum Gasteiger partial charge on any atom is -0.504 e. The third kappa shape index (κ3) is 5.43. The number of nitrogens with zero attached hydrogens (tertiary/aromatic N) is 3. The molecule has 10 nitrogen and oxygen atoms in total. The van der Waals surface area contributed by atoms with Crippen LogP contribution in [0.15, 0.2) is 29.1 Å². The number of hydrogen-bond donors (Lipinski definition) is 1. The lowest BCUT2D eigenvalue weighted by Gasteiger charge is -2.19. The first-order valence-corrected chi connectivity index (χ1v) is 11.7. The first-order chi connectivity index (χ1) is 16.9. The van der Waals surface area contributed by atoms with Crippen LogP contribution in [-0.2, 0) is 29.0 Å². The lowest BCUT2D eigenvalue weighted by atomic mass is 10.1. The number of esters is 1. The van der Waals surface area contributed by atoms with Crippen LogP contribution in [0.4, 0.5) is 0 Å². The van der Waals surface area contributed by atoms with E-state index < -0.39 is 5.97 Å². The Hall–Kier alpha value is -3.53. The first-order valence-electron chi connectivity index (χ1n) is 11.7. The SMILES string of the molecule is COC(=O)c1c(OCCN2CCCC2=O)cc(=O)n2c1CCN(Cc1ccc(OC)c(O)c1)CC2. The Morgan fingerprint density at radius 3 is 2.54 bits per heavy atom. The molecule has 1 amide bonds. The summed E-state index contributed by atoms with van der Waals surface area (Å²) >= 11 is 0. The van der Waals surface area contributed by atoms with E-state index in [2.05, 4.69) is 4.90 Å². The number of ether oxygens (including phenoxy) is 3. The number of aromatic hydroxyl groups is 1. The Kier molecular flexibility index (Phi) is 7.60. The quantitative estimate of drug-likeness (QED) is 0.559. The summed E-state index contributed by atoms with van der Waals surface area (Å²) in [6, 6.07) is 6.61. The highest BCUT2D eigenvalue weighted by Crippen LogP contribution is 2.28. The highest BCUT2D eigenvalue weighted by molar-refractivity contribution is 5.93. The smallest absolute Gasteiger partial charge is 0.343 e. The molecule has 0 unspecified atom stereocenters. The fraction of sp³-hybridized carbons (Fsp3) is 0.480. The van der Waals surface area contributed by atoms with E-state index in [-0.39, 0.29) is 35.1 Å². The van der Waals surface area contributed by atoms with Gasteiger partial charge in [-0.3, -0.25) is 14.5 Å². The van der Waals surface area contributed by atoms with E-state index in [0.29, 0.717) is 63.6 Å². The van der Waals surface area contributed by atoms with Gasteiger partial charge in [0.25, 0.3) is 5.56 Å². The van der Waals surface area contributed by atoms with Crippen molar-refractivity contribution in [3.63, 3.8) is 0 Å². The molecular formula is C25H31N3O7. The second-order valence-electron chi connectivity index (χ2n) is 8.68. The van der Waals surface area contributed by atoms with Crippen molar-refractivity contribution in [1.29, 1.82) is 0 Å². The molecule has 1 aromatic carbocycles. The van der Waals surface area contributed by atoms with Gasteiger partial charge < -0.3 is 28.8 Å². The molecule has 1 fully saturated rings. The van der Waals surface area contributed by atoms with Gasteiger partial charge in [-0.15, -0.1) is 0 Å². The van der Waals surface area contributed by atoms with Crippen molar-refractivity contribution in [3.05, 3.63) is 51.4 Å². The van der Waals surface area contributed by atoms with Gasteiger partial charge >= 0.3 is 5.97 Å². The van der Waals surface area contributed by atoms with Crippen LogP contribution in [0.25, 0.3) is 0 Å². The molecule has 10 heteroatoms. The maximum Gasteiger partial charge on any atom is 0.343 e. The average Bonchev–Trinajstić information content (AvgIpc) is 3.13. The van der Waals surface area contributed by atoms with Gasteiger partial charge in [-0.25, -0.2) is 4.79 Å². The highest BCUT2D eigenvalue weighted by atomic mass is 16.5. The van der Waals surface area contributed by atoms with Crippen molar-refractivity contribution in [2.24, 2.45) is 0 Å². The summed E-state index contributed by atoms with van der Waals surface area (Å²) in [5.41, 5.74) is 1.50. The number of hydrogen-bond acceptors (Lipinski definition) is 8. The molecule has 0 bridgehead atoms. The Balaban J connectivity index is 1.52. The minimum absolute atomic E-state index is 0.0738. The molecule has 4 rings (SSSR count). The molecular weight excluding hydrogens is 454 g/mol. The number of pyridine rings is 1.